The maximum Gasteiger partial charge on any atom is 0.306 e. The molecule has 3 heteroatoms. The Hall–Kier alpha value is -1.35. The van der Waals surface area contributed by atoms with Crippen molar-refractivity contribution in [2.45, 2.75) is 44.7 Å². The van der Waals surface area contributed by atoms with E-state index in [4.69, 9.17) is 5.11 Å². The van der Waals surface area contributed by atoms with Crippen molar-refractivity contribution in [3.63, 3.8) is 0 Å². The quantitative estimate of drug-likeness (QED) is 0.860. The summed E-state index contributed by atoms with van der Waals surface area (Å²) in [4.78, 5) is 11.0. The molecule has 2 rings (SSSR count). The van der Waals surface area contributed by atoms with Crippen molar-refractivity contribution in [2.75, 3.05) is 0 Å². The molecule has 18 heavy (non-hydrogen) atoms. The number of carboxylic acids is 1. The topological polar surface area (TPSA) is 49.3 Å². The maximum absolute atomic E-state index is 11.0. The standard InChI is InChI=1S/C15H21NO2/c1-11(12-6-3-2-4-7-12)16-14-9-5-8-13(10-14)15(17)18/h2-4,6-7,11,13-14,16H,5,8-10H2,1H3,(H,17,18)/t11-,13?,14?/m1/s1. The van der Waals surface area contributed by atoms with Gasteiger partial charge in [-0.25, -0.2) is 0 Å². The summed E-state index contributed by atoms with van der Waals surface area (Å²) < 4.78 is 0. The lowest BCUT2D eigenvalue weighted by molar-refractivity contribution is -0.143. The SMILES string of the molecule is C[C@@H](NC1CCCC(C(=O)O)C1)c1ccccc1. The van der Waals surface area contributed by atoms with E-state index >= 15 is 0 Å². The van der Waals surface area contributed by atoms with Gasteiger partial charge in [0.05, 0.1) is 5.92 Å². The Balaban J connectivity index is 1.91. The van der Waals surface area contributed by atoms with Crippen LogP contribution in [0.1, 0.15) is 44.2 Å². The summed E-state index contributed by atoms with van der Waals surface area (Å²) in [5, 5.41) is 12.6. The third-order valence-corrected chi connectivity index (χ3v) is 3.81. The van der Waals surface area contributed by atoms with E-state index in [-0.39, 0.29) is 12.0 Å². The largest absolute Gasteiger partial charge is 0.481 e. The number of carboxylic acid groups (broad SMARTS) is 1. The number of nitrogens with one attached hydrogen (secondary N) is 1. The molecule has 0 amide bonds. The first-order valence-corrected chi connectivity index (χ1v) is 6.70. The molecular formula is C15H21NO2. The van der Waals surface area contributed by atoms with Crippen LogP contribution in [0.4, 0.5) is 0 Å². The van der Waals surface area contributed by atoms with Crippen LogP contribution in [0.25, 0.3) is 0 Å². The molecule has 1 saturated carbocycles. The summed E-state index contributed by atoms with van der Waals surface area (Å²) in [6.07, 6.45) is 3.68. The Labute approximate surface area is 108 Å². The van der Waals surface area contributed by atoms with Crippen LogP contribution in [0.2, 0.25) is 0 Å². The molecule has 0 radical (unpaired) electrons. The fraction of sp³-hybridized carbons (Fsp3) is 0.533. The van der Waals surface area contributed by atoms with E-state index in [0.717, 1.165) is 25.7 Å². The van der Waals surface area contributed by atoms with Crippen LogP contribution in [0.15, 0.2) is 30.3 Å². The zero-order chi connectivity index (χ0) is 13.0. The molecule has 1 aliphatic rings. The van der Waals surface area contributed by atoms with Crippen molar-refractivity contribution >= 4 is 5.97 Å². The van der Waals surface area contributed by atoms with Gasteiger partial charge in [-0.05, 0) is 31.7 Å². The van der Waals surface area contributed by atoms with Gasteiger partial charge < -0.3 is 10.4 Å². The van der Waals surface area contributed by atoms with Crippen LogP contribution in [-0.4, -0.2) is 17.1 Å². The summed E-state index contributed by atoms with van der Waals surface area (Å²) in [5.74, 6) is -0.812. The first-order valence-electron chi connectivity index (χ1n) is 6.70. The Morgan fingerprint density at radius 3 is 2.72 bits per heavy atom. The molecule has 3 nitrogen and oxygen atoms in total. The van der Waals surface area contributed by atoms with E-state index < -0.39 is 5.97 Å². The van der Waals surface area contributed by atoms with Gasteiger partial charge >= 0.3 is 5.97 Å². The van der Waals surface area contributed by atoms with Gasteiger partial charge in [0.1, 0.15) is 0 Å². The average molecular weight is 247 g/mol. The summed E-state index contributed by atoms with van der Waals surface area (Å²) >= 11 is 0. The lowest BCUT2D eigenvalue weighted by atomic mass is 9.85. The first kappa shape index (κ1) is 13.1. The third-order valence-electron chi connectivity index (χ3n) is 3.81. The fourth-order valence-electron chi connectivity index (χ4n) is 2.76. The predicted molar refractivity (Wildman–Crippen MR) is 71.4 cm³/mol. The second-order valence-electron chi connectivity index (χ2n) is 5.20. The average Bonchev–Trinajstić information content (AvgIpc) is 2.40. The van der Waals surface area contributed by atoms with Gasteiger partial charge in [0, 0.05) is 12.1 Å². The Morgan fingerprint density at radius 2 is 2.06 bits per heavy atom. The van der Waals surface area contributed by atoms with Crippen molar-refractivity contribution in [1.82, 2.24) is 5.32 Å². The Bertz CT molecular complexity index is 391. The van der Waals surface area contributed by atoms with E-state index in [9.17, 15) is 4.79 Å². The molecule has 1 fully saturated rings. The molecule has 0 bridgehead atoms. The molecule has 1 aromatic carbocycles. The highest BCUT2D eigenvalue weighted by molar-refractivity contribution is 5.70. The smallest absolute Gasteiger partial charge is 0.306 e. The number of hydrogen-bond donors (Lipinski definition) is 2. The minimum Gasteiger partial charge on any atom is -0.481 e. The summed E-state index contributed by atoms with van der Waals surface area (Å²) in [5.41, 5.74) is 1.26. The van der Waals surface area contributed by atoms with Gasteiger partial charge in [0.15, 0.2) is 0 Å². The number of hydrogen-bond acceptors (Lipinski definition) is 2. The molecular weight excluding hydrogens is 226 g/mol. The molecule has 2 N–H and O–H groups in total. The zero-order valence-electron chi connectivity index (χ0n) is 10.8. The third kappa shape index (κ3) is 3.33. The highest BCUT2D eigenvalue weighted by Crippen LogP contribution is 2.26. The van der Waals surface area contributed by atoms with Crippen molar-refractivity contribution < 1.29 is 9.90 Å². The summed E-state index contributed by atoms with van der Waals surface area (Å²) in [7, 11) is 0. The van der Waals surface area contributed by atoms with Crippen LogP contribution in [-0.2, 0) is 4.79 Å². The molecule has 2 unspecified atom stereocenters. The van der Waals surface area contributed by atoms with E-state index in [2.05, 4.69) is 24.4 Å². The Morgan fingerprint density at radius 1 is 1.33 bits per heavy atom. The normalized spacial score (nSPS) is 25.6. The van der Waals surface area contributed by atoms with Crippen molar-refractivity contribution in [3.05, 3.63) is 35.9 Å². The molecule has 0 aliphatic heterocycles. The zero-order valence-corrected chi connectivity index (χ0v) is 10.8. The molecule has 3 atom stereocenters. The predicted octanol–water partition coefficient (Wildman–Crippen LogP) is 2.98. The molecule has 0 heterocycles. The second-order valence-corrected chi connectivity index (χ2v) is 5.20. The van der Waals surface area contributed by atoms with Crippen LogP contribution in [0.5, 0.6) is 0 Å². The highest BCUT2D eigenvalue weighted by Gasteiger charge is 2.27. The minimum atomic E-state index is -0.645. The molecule has 0 aromatic heterocycles. The molecule has 98 valence electrons. The number of rotatable bonds is 4. The highest BCUT2D eigenvalue weighted by atomic mass is 16.4. The van der Waals surface area contributed by atoms with Crippen molar-refractivity contribution in [1.29, 1.82) is 0 Å². The minimum absolute atomic E-state index is 0.167. The van der Waals surface area contributed by atoms with E-state index in [1.807, 2.05) is 18.2 Å². The monoisotopic (exact) mass is 247 g/mol. The molecule has 1 aromatic rings. The van der Waals surface area contributed by atoms with E-state index in [1.165, 1.54) is 5.56 Å². The van der Waals surface area contributed by atoms with Gasteiger partial charge in [-0.3, -0.25) is 4.79 Å². The first-order chi connectivity index (χ1) is 8.66. The van der Waals surface area contributed by atoms with Gasteiger partial charge in [0.2, 0.25) is 0 Å². The second kappa shape index (κ2) is 6.01. The van der Waals surface area contributed by atoms with E-state index in [1.54, 1.807) is 0 Å². The molecule has 0 spiro atoms. The van der Waals surface area contributed by atoms with Gasteiger partial charge in [-0.1, -0.05) is 36.8 Å². The lowest BCUT2D eigenvalue weighted by Gasteiger charge is -2.30. The summed E-state index contributed by atoms with van der Waals surface area (Å²) in [6.45, 7) is 2.14. The van der Waals surface area contributed by atoms with Crippen LogP contribution in [0.3, 0.4) is 0 Å². The molecule has 1 aliphatic carbocycles. The Kier molecular flexibility index (Phi) is 4.37. The number of carbonyl (C=O) groups is 1. The number of aliphatic carboxylic acids is 1. The van der Waals surface area contributed by atoms with E-state index in [0.29, 0.717) is 6.04 Å². The lowest BCUT2D eigenvalue weighted by Crippen LogP contribution is -2.37. The fourth-order valence-corrected chi connectivity index (χ4v) is 2.76. The van der Waals surface area contributed by atoms with Crippen molar-refractivity contribution in [2.24, 2.45) is 5.92 Å². The van der Waals surface area contributed by atoms with Crippen LogP contribution in [0, 0.1) is 5.92 Å². The molecule has 0 saturated heterocycles. The van der Waals surface area contributed by atoms with Crippen LogP contribution >= 0.6 is 0 Å². The van der Waals surface area contributed by atoms with Gasteiger partial charge in [-0.2, -0.15) is 0 Å². The van der Waals surface area contributed by atoms with Gasteiger partial charge in [-0.15, -0.1) is 0 Å². The summed E-state index contributed by atoms with van der Waals surface area (Å²) in [6, 6.07) is 10.9. The number of benzene rings is 1. The van der Waals surface area contributed by atoms with Crippen molar-refractivity contribution in [3.8, 4) is 0 Å². The van der Waals surface area contributed by atoms with Crippen LogP contribution < -0.4 is 5.32 Å². The maximum atomic E-state index is 11.0. The van der Waals surface area contributed by atoms with Gasteiger partial charge in [0.25, 0.3) is 0 Å².